The molecule has 1 fully saturated rings. The van der Waals surface area contributed by atoms with E-state index in [0.717, 1.165) is 24.8 Å². The van der Waals surface area contributed by atoms with Crippen molar-refractivity contribution >= 4 is 27.3 Å². The molecule has 0 saturated carbocycles. The van der Waals surface area contributed by atoms with Crippen LogP contribution >= 0.6 is 0 Å². The van der Waals surface area contributed by atoms with Crippen molar-refractivity contribution in [1.82, 2.24) is 4.90 Å². The quantitative estimate of drug-likeness (QED) is 0.870. The number of nitrogens with one attached hydrogen (secondary N) is 1. The largest absolute Gasteiger partial charge is 0.368 e. The third kappa shape index (κ3) is 4.39. The van der Waals surface area contributed by atoms with Crippen LogP contribution < -0.4 is 9.62 Å². The summed E-state index contributed by atoms with van der Waals surface area (Å²) in [5.41, 5.74) is 1.76. The van der Waals surface area contributed by atoms with Crippen LogP contribution in [0.1, 0.15) is 12.5 Å². The van der Waals surface area contributed by atoms with E-state index < -0.39 is 15.8 Å². The number of piperazine rings is 1. The minimum Gasteiger partial charge on any atom is -0.368 e. The van der Waals surface area contributed by atoms with E-state index in [4.69, 9.17) is 0 Å². The molecule has 1 aliphatic rings. The van der Waals surface area contributed by atoms with E-state index in [-0.39, 0.29) is 10.8 Å². The van der Waals surface area contributed by atoms with E-state index in [1.807, 2.05) is 17.0 Å². The number of hydrogen-bond acceptors (Lipinski definition) is 4. The van der Waals surface area contributed by atoms with Gasteiger partial charge in [-0.1, -0.05) is 0 Å². The highest BCUT2D eigenvalue weighted by Crippen LogP contribution is 2.23. The highest BCUT2D eigenvalue weighted by molar-refractivity contribution is 7.92. The second-order valence-electron chi connectivity index (χ2n) is 6.56. The van der Waals surface area contributed by atoms with Crippen molar-refractivity contribution in [3.8, 4) is 0 Å². The first-order chi connectivity index (χ1) is 12.8. The molecule has 1 saturated heterocycles. The third-order valence-electron chi connectivity index (χ3n) is 4.64. The second-order valence-corrected chi connectivity index (χ2v) is 8.21. The fourth-order valence-corrected chi connectivity index (χ4v) is 4.43. The van der Waals surface area contributed by atoms with Gasteiger partial charge >= 0.3 is 0 Å². The lowest BCUT2D eigenvalue weighted by Crippen LogP contribution is -2.48. The van der Waals surface area contributed by atoms with Gasteiger partial charge in [0, 0.05) is 44.5 Å². The molecule has 1 heterocycles. The van der Waals surface area contributed by atoms with Crippen LogP contribution in [0, 0.1) is 12.7 Å². The Morgan fingerprint density at radius 3 is 2.22 bits per heavy atom. The van der Waals surface area contributed by atoms with Crippen molar-refractivity contribution in [2.75, 3.05) is 35.8 Å². The smallest absolute Gasteiger partial charge is 0.262 e. The Balaban J connectivity index is 1.70. The van der Waals surface area contributed by atoms with Crippen LogP contribution in [-0.4, -0.2) is 45.4 Å². The Morgan fingerprint density at radius 1 is 1.04 bits per heavy atom. The molecule has 0 aromatic heterocycles. The van der Waals surface area contributed by atoms with Gasteiger partial charge in [-0.3, -0.25) is 9.52 Å². The molecular formula is C19H22FN3O3S. The van der Waals surface area contributed by atoms with Gasteiger partial charge in [0.25, 0.3) is 10.0 Å². The van der Waals surface area contributed by atoms with Crippen LogP contribution in [0.15, 0.2) is 47.4 Å². The van der Waals surface area contributed by atoms with Gasteiger partial charge in [-0.25, -0.2) is 12.8 Å². The van der Waals surface area contributed by atoms with Crippen LogP contribution in [0.3, 0.4) is 0 Å². The van der Waals surface area contributed by atoms with Crippen molar-refractivity contribution in [1.29, 1.82) is 0 Å². The Bertz CT molecular complexity index is 937. The molecule has 0 bridgehead atoms. The summed E-state index contributed by atoms with van der Waals surface area (Å²) in [5.74, 6) is -0.392. The molecule has 1 aliphatic heterocycles. The molecule has 8 heteroatoms. The summed E-state index contributed by atoms with van der Waals surface area (Å²) in [5, 5.41) is 0. The molecule has 3 rings (SSSR count). The minimum absolute atomic E-state index is 0.0494. The highest BCUT2D eigenvalue weighted by atomic mass is 32.2. The number of nitrogens with zero attached hydrogens (tertiary/aromatic N) is 2. The van der Waals surface area contributed by atoms with E-state index in [1.54, 1.807) is 26.0 Å². The molecule has 144 valence electrons. The lowest BCUT2D eigenvalue weighted by atomic mass is 10.2. The predicted octanol–water partition coefficient (Wildman–Crippen LogP) is 2.60. The van der Waals surface area contributed by atoms with Gasteiger partial charge in [0.1, 0.15) is 5.82 Å². The number of sulfonamides is 1. The molecule has 6 nitrogen and oxygen atoms in total. The van der Waals surface area contributed by atoms with Crippen LogP contribution in [0.2, 0.25) is 0 Å². The fraction of sp³-hybridized carbons (Fsp3) is 0.316. The number of benzene rings is 2. The van der Waals surface area contributed by atoms with Gasteiger partial charge in [0.2, 0.25) is 5.91 Å². The summed E-state index contributed by atoms with van der Waals surface area (Å²) in [4.78, 5) is 15.4. The third-order valence-corrected chi connectivity index (χ3v) is 6.18. The average molecular weight is 391 g/mol. The molecule has 0 spiro atoms. The van der Waals surface area contributed by atoms with Gasteiger partial charge in [-0.05, 0) is 55.0 Å². The topological polar surface area (TPSA) is 69.7 Å². The van der Waals surface area contributed by atoms with E-state index in [2.05, 4.69) is 9.62 Å². The van der Waals surface area contributed by atoms with Crippen molar-refractivity contribution in [2.24, 2.45) is 0 Å². The maximum Gasteiger partial charge on any atom is 0.262 e. The Morgan fingerprint density at radius 2 is 1.67 bits per heavy atom. The first-order valence-electron chi connectivity index (χ1n) is 8.66. The lowest BCUT2D eigenvalue weighted by molar-refractivity contribution is -0.129. The number of amides is 1. The van der Waals surface area contributed by atoms with Gasteiger partial charge in [0.05, 0.1) is 4.90 Å². The average Bonchev–Trinajstić information content (AvgIpc) is 2.62. The first kappa shape index (κ1) is 19.2. The Labute approximate surface area is 158 Å². The highest BCUT2D eigenvalue weighted by Gasteiger charge is 2.20. The number of carbonyl (C=O) groups is 1. The Kier molecular flexibility index (Phi) is 5.36. The number of anilines is 2. The van der Waals surface area contributed by atoms with E-state index in [9.17, 15) is 17.6 Å². The van der Waals surface area contributed by atoms with Gasteiger partial charge in [-0.2, -0.15) is 0 Å². The number of aryl methyl sites for hydroxylation is 1. The van der Waals surface area contributed by atoms with Crippen molar-refractivity contribution in [3.63, 3.8) is 0 Å². The summed E-state index contributed by atoms with van der Waals surface area (Å²) >= 11 is 0. The molecule has 0 aliphatic carbocycles. The zero-order valence-corrected chi connectivity index (χ0v) is 16.1. The maximum atomic E-state index is 13.2. The zero-order chi connectivity index (χ0) is 19.6. The Hall–Kier alpha value is -2.61. The minimum atomic E-state index is -3.79. The summed E-state index contributed by atoms with van der Waals surface area (Å²) in [6.07, 6.45) is 0. The van der Waals surface area contributed by atoms with E-state index in [0.29, 0.717) is 24.3 Å². The summed E-state index contributed by atoms with van der Waals surface area (Å²) < 4.78 is 40.8. The number of rotatable bonds is 4. The second kappa shape index (κ2) is 7.56. The molecule has 0 radical (unpaired) electrons. The summed E-state index contributed by atoms with van der Waals surface area (Å²) in [6, 6.07) is 10.7. The monoisotopic (exact) mass is 391 g/mol. The van der Waals surface area contributed by atoms with Crippen molar-refractivity contribution in [2.45, 2.75) is 18.7 Å². The molecule has 0 unspecified atom stereocenters. The lowest BCUT2D eigenvalue weighted by Gasteiger charge is -2.35. The zero-order valence-electron chi connectivity index (χ0n) is 15.3. The van der Waals surface area contributed by atoms with Crippen LogP contribution in [-0.2, 0) is 14.8 Å². The standard InChI is InChI=1S/C19H22FN3O3S/c1-14-13-16(20)3-8-19(14)27(25,26)21-17-4-6-18(7-5-17)23-11-9-22(10-12-23)15(2)24/h3-8,13,21H,9-12H2,1-2H3. The molecule has 2 aromatic rings. The molecule has 2 aromatic carbocycles. The maximum absolute atomic E-state index is 13.2. The van der Waals surface area contributed by atoms with Gasteiger partial charge in [-0.15, -0.1) is 0 Å². The molecule has 0 atom stereocenters. The number of carbonyl (C=O) groups excluding carboxylic acids is 1. The van der Waals surface area contributed by atoms with E-state index >= 15 is 0 Å². The summed E-state index contributed by atoms with van der Waals surface area (Å²) in [6.45, 7) is 5.95. The van der Waals surface area contributed by atoms with Crippen LogP contribution in [0.25, 0.3) is 0 Å². The van der Waals surface area contributed by atoms with E-state index in [1.165, 1.54) is 12.1 Å². The van der Waals surface area contributed by atoms with Gasteiger partial charge < -0.3 is 9.80 Å². The molecular weight excluding hydrogens is 369 g/mol. The van der Waals surface area contributed by atoms with Crippen molar-refractivity contribution in [3.05, 3.63) is 53.8 Å². The number of hydrogen-bond donors (Lipinski definition) is 1. The fourth-order valence-electron chi connectivity index (χ4n) is 3.14. The SMILES string of the molecule is CC(=O)N1CCN(c2ccc(NS(=O)(=O)c3ccc(F)cc3C)cc2)CC1. The molecule has 1 amide bonds. The molecule has 27 heavy (non-hydrogen) atoms. The van der Waals surface area contributed by atoms with Crippen LogP contribution in [0.5, 0.6) is 0 Å². The molecule has 1 N–H and O–H groups in total. The van der Waals surface area contributed by atoms with Gasteiger partial charge in [0.15, 0.2) is 0 Å². The van der Waals surface area contributed by atoms with Crippen molar-refractivity contribution < 1.29 is 17.6 Å². The number of halogens is 1. The first-order valence-corrected chi connectivity index (χ1v) is 10.1. The van der Waals surface area contributed by atoms with Crippen LogP contribution in [0.4, 0.5) is 15.8 Å². The predicted molar refractivity (Wildman–Crippen MR) is 103 cm³/mol. The normalized spacial score (nSPS) is 14.9. The summed E-state index contributed by atoms with van der Waals surface area (Å²) in [7, 11) is -3.79.